The quantitative estimate of drug-likeness (QED) is 0.546. The molecule has 0 spiro atoms. The minimum Gasteiger partial charge on any atom is -0.469 e. The third kappa shape index (κ3) is 4.61. The highest BCUT2D eigenvalue weighted by Gasteiger charge is 2.31. The molecule has 3 nitrogen and oxygen atoms in total. The van der Waals surface area contributed by atoms with Gasteiger partial charge >= 0.3 is 5.97 Å². The summed E-state index contributed by atoms with van der Waals surface area (Å²) < 4.78 is 4.80. The Balaban J connectivity index is 4.19. The third-order valence-electron chi connectivity index (χ3n) is 2.48. The summed E-state index contributed by atoms with van der Waals surface area (Å²) in [5, 5.41) is 0. The molecule has 0 heterocycles. The first-order chi connectivity index (χ1) is 6.43. The third-order valence-corrected chi connectivity index (χ3v) is 2.48. The first-order valence-corrected chi connectivity index (χ1v) is 5.21. The van der Waals surface area contributed by atoms with Crippen LogP contribution in [0.1, 0.15) is 40.0 Å². The lowest BCUT2D eigenvalue weighted by Gasteiger charge is -2.28. The first-order valence-electron chi connectivity index (χ1n) is 5.21. The zero-order chi connectivity index (χ0) is 11.2. The van der Waals surface area contributed by atoms with E-state index >= 15 is 0 Å². The highest BCUT2D eigenvalue weighted by atomic mass is 16.5. The molecule has 1 atom stereocenters. The Morgan fingerprint density at radius 1 is 1.36 bits per heavy atom. The van der Waals surface area contributed by atoms with Crippen molar-refractivity contribution in [2.75, 3.05) is 13.7 Å². The van der Waals surface area contributed by atoms with Crippen molar-refractivity contribution in [1.29, 1.82) is 0 Å². The fraction of sp³-hybridized carbons (Fsp3) is 0.909. The van der Waals surface area contributed by atoms with Crippen molar-refractivity contribution in [2.24, 2.45) is 17.1 Å². The van der Waals surface area contributed by atoms with Crippen molar-refractivity contribution in [3.05, 3.63) is 0 Å². The molecule has 0 fully saturated rings. The lowest BCUT2D eigenvalue weighted by Crippen LogP contribution is -2.29. The van der Waals surface area contributed by atoms with E-state index in [1.807, 2.05) is 0 Å². The standard InChI is InChI=1S/C11H23NO2/c1-11(2,3)9(10(13)14-4)7-5-6-8-12/h9H,5-8,12H2,1-4H3. The maximum Gasteiger partial charge on any atom is 0.309 e. The zero-order valence-corrected chi connectivity index (χ0v) is 9.80. The van der Waals surface area contributed by atoms with Gasteiger partial charge in [-0.3, -0.25) is 4.79 Å². The second-order valence-electron chi connectivity index (χ2n) is 4.73. The van der Waals surface area contributed by atoms with Gasteiger partial charge in [-0.05, 0) is 24.8 Å². The Morgan fingerprint density at radius 3 is 2.29 bits per heavy atom. The Bertz CT molecular complexity index is 173. The smallest absolute Gasteiger partial charge is 0.309 e. The van der Waals surface area contributed by atoms with E-state index in [1.165, 1.54) is 7.11 Å². The zero-order valence-electron chi connectivity index (χ0n) is 9.80. The summed E-state index contributed by atoms with van der Waals surface area (Å²) in [4.78, 5) is 11.5. The maximum atomic E-state index is 11.5. The normalized spacial score (nSPS) is 13.8. The van der Waals surface area contributed by atoms with Crippen LogP contribution in [-0.2, 0) is 9.53 Å². The van der Waals surface area contributed by atoms with Crippen LogP contribution in [0.2, 0.25) is 0 Å². The largest absolute Gasteiger partial charge is 0.469 e. The van der Waals surface area contributed by atoms with Crippen LogP contribution >= 0.6 is 0 Å². The van der Waals surface area contributed by atoms with E-state index in [9.17, 15) is 4.79 Å². The van der Waals surface area contributed by atoms with Gasteiger partial charge in [0.1, 0.15) is 0 Å². The van der Waals surface area contributed by atoms with Gasteiger partial charge in [0.05, 0.1) is 13.0 Å². The van der Waals surface area contributed by atoms with E-state index < -0.39 is 0 Å². The number of carbonyl (C=O) groups excluding carboxylic acids is 1. The van der Waals surface area contributed by atoms with Crippen molar-refractivity contribution >= 4 is 5.97 Å². The van der Waals surface area contributed by atoms with Crippen LogP contribution in [0.4, 0.5) is 0 Å². The average molecular weight is 201 g/mol. The van der Waals surface area contributed by atoms with Gasteiger partial charge in [0.25, 0.3) is 0 Å². The van der Waals surface area contributed by atoms with Crippen molar-refractivity contribution in [3.63, 3.8) is 0 Å². The van der Waals surface area contributed by atoms with E-state index in [4.69, 9.17) is 10.5 Å². The van der Waals surface area contributed by atoms with Crippen LogP contribution in [0.3, 0.4) is 0 Å². The number of methoxy groups -OCH3 is 1. The predicted octanol–water partition coefficient (Wildman–Crippen LogP) is 1.95. The number of hydrogen-bond acceptors (Lipinski definition) is 3. The van der Waals surface area contributed by atoms with Crippen molar-refractivity contribution < 1.29 is 9.53 Å². The molecule has 0 aliphatic rings. The molecular formula is C11H23NO2. The van der Waals surface area contributed by atoms with Gasteiger partial charge in [0.2, 0.25) is 0 Å². The van der Waals surface area contributed by atoms with E-state index in [0.29, 0.717) is 6.54 Å². The number of carbonyl (C=O) groups is 1. The summed E-state index contributed by atoms with van der Waals surface area (Å²) >= 11 is 0. The lowest BCUT2D eigenvalue weighted by atomic mass is 9.78. The molecule has 0 saturated heterocycles. The fourth-order valence-electron chi connectivity index (χ4n) is 1.54. The minimum absolute atomic E-state index is 0.0148. The molecule has 1 unspecified atom stereocenters. The summed E-state index contributed by atoms with van der Waals surface area (Å²) in [5.41, 5.74) is 5.39. The van der Waals surface area contributed by atoms with Crippen LogP contribution in [0.25, 0.3) is 0 Å². The number of esters is 1. The van der Waals surface area contributed by atoms with Crippen LogP contribution in [0.15, 0.2) is 0 Å². The van der Waals surface area contributed by atoms with Gasteiger partial charge in [0, 0.05) is 0 Å². The molecule has 14 heavy (non-hydrogen) atoms. The maximum absolute atomic E-state index is 11.5. The van der Waals surface area contributed by atoms with E-state index in [1.54, 1.807) is 0 Å². The van der Waals surface area contributed by atoms with Gasteiger partial charge in [-0.2, -0.15) is 0 Å². The average Bonchev–Trinajstić information content (AvgIpc) is 2.09. The minimum atomic E-state index is -0.102. The van der Waals surface area contributed by atoms with E-state index in [-0.39, 0.29) is 17.3 Å². The molecule has 84 valence electrons. The van der Waals surface area contributed by atoms with Gasteiger partial charge in [-0.25, -0.2) is 0 Å². The number of hydrogen-bond donors (Lipinski definition) is 1. The SMILES string of the molecule is COC(=O)C(CCCCN)C(C)(C)C. The number of rotatable bonds is 5. The lowest BCUT2D eigenvalue weighted by molar-refractivity contribution is -0.149. The van der Waals surface area contributed by atoms with Gasteiger partial charge in [-0.1, -0.05) is 27.2 Å². The van der Waals surface area contributed by atoms with Crippen molar-refractivity contribution in [2.45, 2.75) is 40.0 Å². The monoisotopic (exact) mass is 201 g/mol. The Kier molecular flexibility index (Phi) is 5.77. The highest BCUT2D eigenvalue weighted by Crippen LogP contribution is 2.30. The van der Waals surface area contributed by atoms with E-state index in [0.717, 1.165) is 19.3 Å². The van der Waals surface area contributed by atoms with Crippen LogP contribution in [0.5, 0.6) is 0 Å². The molecule has 0 aromatic heterocycles. The predicted molar refractivity (Wildman–Crippen MR) is 57.9 cm³/mol. The second kappa shape index (κ2) is 6.02. The fourth-order valence-corrected chi connectivity index (χ4v) is 1.54. The summed E-state index contributed by atoms with van der Waals surface area (Å²) in [6, 6.07) is 0. The Hall–Kier alpha value is -0.570. The summed E-state index contributed by atoms with van der Waals surface area (Å²) in [6.07, 6.45) is 2.84. The molecular weight excluding hydrogens is 178 g/mol. The van der Waals surface area contributed by atoms with Gasteiger partial charge in [0.15, 0.2) is 0 Å². The van der Waals surface area contributed by atoms with Gasteiger partial charge in [-0.15, -0.1) is 0 Å². The molecule has 0 amide bonds. The number of unbranched alkanes of at least 4 members (excludes halogenated alkanes) is 1. The summed E-state index contributed by atoms with van der Waals surface area (Å²) in [6.45, 7) is 6.89. The second-order valence-corrected chi connectivity index (χ2v) is 4.73. The Labute approximate surface area is 87.0 Å². The molecule has 0 aliphatic carbocycles. The van der Waals surface area contributed by atoms with Crippen LogP contribution in [0, 0.1) is 11.3 Å². The van der Waals surface area contributed by atoms with E-state index in [2.05, 4.69) is 20.8 Å². The highest BCUT2D eigenvalue weighted by molar-refractivity contribution is 5.73. The van der Waals surface area contributed by atoms with Crippen molar-refractivity contribution in [3.8, 4) is 0 Å². The molecule has 0 rings (SSSR count). The molecule has 0 aromatic carbocycles. The molecule has 3 heteroatoms. The van der Waals surface area contributed by atoms with Gasteiger partial charge < -0.3 is 10.5 Å². The number of ether oxygens (including phenoxy) is 1. The molecule has 0 aromatic rings. The molecule has 0 radical (unpaired) electrons. The topological polar surface area (TPSA) is 52.3 Å². The number of nitrogens with two attached hydrogens (primary N) is 1. The van der Waals surface area contributed by atoms with Crippen LogP contribution < -0.4 is 5.73 Å². The molecule has 0 saturated carbocycles. The summed E-state index contributed by atoms with van der Waals surface area (Å²) in [7, 11) is 1.45. The first kappa shape index (κ1) is 13.4. The summed E-state index contributed by atoms with van der Waals surface area (Å²) in [5.74, 6) is -0.117. The Morgan fingerprint density at radius 2 is 1.93 bits per heavy atom. The van der Waals surface area contributed by atoms with Crippen LogP contribution in [-0.4, -0.2) is 19.6 Å². The molecule has 0 bridgehead atoms. The molecule has 0 aliphatic heterocycles. The van der Waals surface area contributed by atoms with Crippen molar-refractivity contribution in [1.82, 2.24) is 0 Å². The molecule has 2 N–H and O–H groups in total.